The molecule has 0 aliphatic heterocycles. The van der Waals surface area contributed by atoms with Crippen molar-refractivity contribution in [3.63, 3.8) is 0 Å². The Labute approximate surface area is 123 Å². The average Bonchev–Trinajstić information content (AvgIpc) is 2.30. The van der Waals surface area contributed by atoms with Crippen molar-refractivity contribution in [2.24, 2.45) is 0 Å². The zero-order valence-electron chi connectivity index (χ0n) is 9.23. The number of nitrogens with two attached hydrogens (primary N) is 2. The fraction of sp³-hybridized carbons (Fsp3) is 0. The van der Waals surface area contributed by atoms with E-state index in [2.05, 4.69) is 4.98 Å². The highest BCUT2D eigenvalue weighted by atomic mass is 35.5. The smallest absolute Gasteiger partial charge is 0.347 e. The second-order valence-electron chi connectivity index (χ2n) is 3.47. The van der Waals surface area contributed by atoms with E-state index < -0.39 is 0 Å². The third-order valence-electron chi connectivity index (χ3n) is 2.11. The molecule has 2 rings (SSSR count). The second-order valence-corrected chi connectivity index (χ2v) is 4.72. The minimum absolute atomic E-state index is 0.00628. The monoisotopic (exact) mass is 320 g/mol. The van der Waals surface area contributed by atoms with E-state index in [0.29, 0.717) is 5.02 Å². The highest BCUT2D eigenvalue weighted by Crippen LogP contribution is 2.38. The maximum atomic E-state index is 11.2. The normalized spacial score (nSPS) is 10.5. The molecule has 4 N–H and O–H groups in total. The summed E-state index contributed by atoms with van der Waals surface area (Å²) in [6.07, 6.45) is 0. The van der Waals surface area contributed by atoms with E-state index in [0.717, 1.165) is 0 Å². The lowest BCUT2D eigenvalue weighted by molar-refractivity contribution is -0.577. The van der Waals surface area contributed by atoms with Crippen molar-refractivity contribution in [2.75, 3.05) is 11.5 Å². The van der Waals surface area contributed by atoms with Crippen LogP contribution >= 0.6 is 34.8 Å². The number of ether oxygens (including phenoxy) is 1. The van der Waals surface area contributed by atoms with Gasteiger partial charge in [-0.25, -0.2) is 4.73 Å². The van der Waals surface area contributed by atoms with Crippen molar-refractivity contribution >= 4 is 46.6 Å². The third kappa shape index (κ3) is 2.86. The highest BCUT2D eigenvalue weighted by molar-refractivity contribution is 6.40. The van der Waals surface area contributed by atoms with Crippen molar-refractivity contribution in [3.05, 3.63) is 38.5 Å². The SMILES string of the molecule is Nc1cc(Oc2c(Cl)cc(Cl)cc2Cl)nc(N)[n+]1[O-]. The van der Waals surface area contributed by atoms with E-state index in [-0.39, 0.29) is 38.2 Å². The molecule has 0 saturated heterocycles. The molecule has 1 heterocycles. The molecule has 0 spiro atoms. The summed E-state index contributed by atoms with van der Waals surface area (Å²) in [7, 11) is 0. The van der Waals surface area contributed by atoms with Gasteiger partial charge in [0.15, 0.2) is 11.6 Å². The predicted octanol–water partition coefficient (Wildman–Crippen LogP) is 2.63. The molecule has 6 nitrogen and oxygen atoms in total. The number of aromatic nitrogens is 2. The van der Waals surface area contributed by atoms with Crippen molar-refractivity contribution in [3.8, 4) is 11.6 Å². The van der Waals surface area contributed by atoms with Gasteiger partial charge in [-0.2, -0.15) is 0 Å². The van der Waals surface area contributed by atoms with Crippen LogP contribution in [-0.4, -0.2) is 4.98 Å². The molecule has 100 valence electrons. The molecule has 9 heteroatoms. The fourth-order valence-corrected chi connectivity index (χ4v) is 2.19. The Morgan fingerprint density at radius 1 is 1.11 bits per heavy atom. The van der Waals surface area contributed by atoms with Gasteiger partial charge < -0.3 is 21.4 Å². The largest absolute Gasteiger partial charge is 0.754 e. The molecule has 0 unspecified atom stereocenters. The summed E-state index contributed by atoms with van der Waals surface area (Å²) < 4.78 is 5.63. The lowest BCUT2D eigenvalue weighted by Gasteiger charge is -2.12. The number of nitrogen functional groups attached to an aromatic ring is 2. The lowest BCUT2D eigenvalue weighted by Crippen LogP contribution is -2.35. The molecular weight excluding hydrogens is 314 g/mol. The van der Waals surface area contributed by atoms with Crippen LogP contribution in [0.25, 0.3) is 0 Å². The number of hydrogen-bond acceptors (Lipinski definition) is 5. The van der Waals surface area contributed by atoms with Crippen LogP contribution in [-0.2, 0) is 0 Å². The third-order valence-corrected chi connectivity index (χ3v) is 2.89. The molecule has 1 aromatic heterocycles. The zero-order chi connectivity index (χ0) is 14.2. The van der Waals surface area contributed by atoms with Gasteiger partial charge in [-0.15, -0.1) is 0 Å². The van der Waals surface area contributed by atoms with Gasteiger partial charge in [0.05, 0.1) is 16.1 Å². The minimum Gasteiger partial charge on any atom is -0.754 e. The van der Waals surface area contributed by atoms with Gasteiger partial charge in [-0.1, -0.05) is 39.8 Å². The Balaban J connectivity index is 2.42. The van der Waals surface area contributed by atoms with Gasteiger partial charge in [0.25, 0.3) is 5.88 Å². The molecule has 2 aromatic rings. The summed E-state index contributed by atoms with van der Waals surface area (Å²) in [5.41, 5.74) is 10.8. The standard InChI is InChI=1S/C10H7Cl3N4O2/c11-4-1-5(12)9(6(13)2-4)19-8-3-7(14)17(18)10(15)16-8/h1-3H,14H2,(H2,15,16). The lowest BCUT2D eigenvalue weighted by atomic mass is 10.3. The summed E-state index contributed by atoms with van der Waals surface area (Å²) >= 11 is 17.7. The zero-order valence-corrected chi connectivity index (χ0v) is 11.5. The molecular formula is C10H7Cl3N4O2. The van der Waals surface area contributed by atoms with Crippen LogP contribution < -0.4 is 20.9 Å². The van der Waals surface area contributed by atoms with E-state index in [1.165, 1.54) is 18.2 Å². The van der Waals surface area contributed by atoms with E-state index >= 15 is 0 Å². The number of nitrogens with zero attached hydrogens (tertiary/aromatic N) is 2. The van der Waals surface area contributed by atoms with Crippen molar-refractivity contribution in [1.29, 1.82) is 0 Å². The Bertz CT molecular complexity index is 605. The molecule has 1 aromatic carbocycles. The summed E-state index contributed by atoms with van der Waals surface area (Å²) in [6, 6.07) is 4.10. The van der Waals surface area contributed by atoms with E-state index in [1.54, 1.807) is 0 Å². The average molecular weight is 322 g/mol. The van der Waals surface area contributed by atoms with Crippen LogP contribution in [0.5, 0.6) is 11.6 Å². The number of benzene rings is 1. The minimum atomic E-state index is -0.351. The topological polar surface area (TPSA) is 101 Å². The predicted molar refractivity (Wildman–Crippen MR) is 73.6 cm³/mol. The molecule has 19 heavy (non-hydrogen) atoms. The summed E-state index contributed by atoms with van der Waals surface area (Å²) in [5.74, 6) is -0.379. The van der Waals surface area contributed by atoms with Crippen LogP contribution in [0.15, 0.2) is 18.2 Å². The molecule has 0 atom stereocenters. The van der Waals surface area contributed by atoms with E-state index in [9.17, 15) is 5.21 Å². The van der Waals surface area contributed by atoms with E-state index in [4.69, 9.17) is 51.0 Å². The van der Waals surface area contributed by atoms with Crippen molar-refractivity contribution in [1.82, 2.24) is 4.98 Å². The van der Waals surface area contributed by atoms with Crippen LogP contribution in [0.4, 0.5) is 11.8 Å². The van der Waals surface area contributed by atoms with Crippen LogP contribution in [0.1, 0.15) is 0 Å². The first-order valence-electron chi connectivity index (χ1n) is 4.86. The maximum absolute atomic E-state index is 11.2. The Morgan fingerprint density at radius 3 is 2.21 bits per heavy atom. The van der Waals surface area contributed by atoms with Gasteiger partial charge in [0.1, 0.15) is 0 Å². The van der Waals surface area contributed by atoms with Crippen LogP contribution in [0, 0.1) is 5.21 Å². The molecule has 0 fully saturated rings. The van der Waals surface area contributed by atoms with Crippen molar-refractivity contribution < 1.29 is 9.47 Å². The van der Waals surface area contributed by atoms with Crippen molar-refractivity contribution in [2.45, 2.75) is 0 Å². The quantitative estimate of drug-likeness (QED) is 0.654. The number of anilines is 2. The molecule has 0 bridgehead atoms. The first-order chi connectivity index (χ1) is 8.88. The number of hydrogen-bond donors (Lipinski definition) is 2. The fourth-order valence-electron chi connectivity index (χ4n) is 1.29. The maximum Gasteiger partial charge on any atom is 0.347 e. The van der Waals surface area contributed by atoms with Crippen LogP contribution in [0.2, 0.25) is 15.1 Å². The second kappa shape index (κ2) is 5.16. The van der Waals surface area contributed by atoms with Gasteiger partial charge in [-0.3, -0.25) is 0 Å². The molecule has 0 saturated carbocycles. The van der Waals surface area contributed by atoms with Gasteiger partial charge >= 0.3 is 5.95 Å². The summed E-state index contributed by atoms with van der Waals surface area (Å²) in [4.78, 5) is 3.71. The molecule has 0 aliphatic rings. The molecule has 0 radical (unpaired) electrons. The first-order valence-corrected chi connectivity index (χ1v) is 6.00. The van der Waals surface area contributed by atoms with Gasteiger partial charge in [-0.05, 0) is 12.1 Å². The summed E-state index contributed by atoms with van der Waals surface area (Å²) in [6.45, 7) is 0. The highest BCUT2D eigenvalue weighted by Gasteiger charge is 2.15. The Morgan fingerprint density at radius 2 is 1.68 bits per heavy atom. The Hall–Kier alpha value is -1.63. The number of rotatable bonds is 2. The first kappa shape index (κ1) is 13.8. The van der Waals surface area contributed by atoms with Gasteiger partial charge in [0.2, 0.25) is 0 Å². The molecule has 0 aliphatic carbocycles. The number of halogens is 3. The molecule has 0 amide bonds. The van der Waals surface area contributed by atoms with Crippen LogP contribution in [0.3, 0.4) is 0 Å². The Kier molecular flexibility index (Phi) is 3.75. The van der Waals surface area contributed by atoms with Gasteiger partial charge in [0, 0.05) is 5.02 Å². The van der Waals surface area contributed by atoms with E-state index in [1.807, 2.05) is 0 Å². The summed E-state index contributed by atoms with van der Waals surface area (Å²) in [5, 5.41) is 12.0.